The van der Waals surface area contributed by atoms with Crippen LogP contribution >= 0.6 is 0 Å². The third-order valence-corrected chi connectivity index (χ3v) is 6.33. The van der Waals surface area contributed by atoms with Crippen LogP contribution in [0.4, 0.5) is 20.6 Å². The Labute approximate surface area is 198 Å². The van der Waals surface area contributed by atoms with Crippen LogP contribution in [0.25, 0.3) is 11.1 Å². The summed E-state index contributed by atoms with van der Waals surface area (Å²) in [5.41, 5.74) is 4.08. The molecule has 5 rings (SSSR count). The van der Waals surface area contributed by atoms with E-state index in [0.717, 1.165) is 29.2 Å². The Kier molecular flexibility index (Phi) is 5.77. The summed E-state index contributed by atoms with van der Waals surface area (Å²) in [7, 11) is 0. The maximum atomic E-state index is 13.6. The highest BCUT2D eigenvalue weighted by Gasteiger charge is 2.35. The minimum Gasteiger partial charge on any atom is -0.410 e. The molecule has 1 aliphatic heterocycles. The summed E-state index contributed by atoms with van der Waals surface area (Å²) in [6.45, 7) is 3.64. The summed E-state index contributed by atoms with van der Waals surface area (Å²) in [4.78, 5) is 33.3. The number of anilines is 2. The van der Waals surface area contributed by atoms with Crippen molar-refractivity contribution in [3.8, 4) is 16.9 Å². The molecule has 0 spiro atoms. The SMILES string of the molecule is CC(=O)N1c2ccc(-c3ccc(CC4CC4)nc3)cc2N(C(=O)Oc2cccc(F)c2)CC1C. The number of aromatic nitrogens is 1. The number of benzene rings is 2. The lowest BCUT2D eigenvalue weighted by molar-refractivity contribution is -0.117. The molecule has 1 fully saturated rings. The van der Waals surface area contributed by atoms with Crippen LogP contribution in [0.2, 0.25) is 0 Å². The van der Waals surface area contributed by atoms with E-state index in [-0.39, 0.29) is 24.2 Å². The number of hydrogen-bond acceptors (Lipinski definition) is 4. The van der Waals surface area contributed by atoms with E-state index in [0.29, 0.717) is 11.4 Å². The minimum atomic E-state index is -0.628. The number of hydrogen-bond donors (Lipinski definition) is 0. The van der Waals surface area contributed by atoms with Gasteiger partial charge in [-0.3, -0.25) is 14.7 Å². The van der Waals surface area contributed by atoms with Crippen LogP contribution in [0.3, 0.4) is 0 Å². The first-order valence-electron chi connectivity index (χ1n) is 11.5. The predicted octanol–water partition coefficient (Wildman–Crippen LogP) is 5.60. The fourth-order valence-corrected chi connectivity index (χ4v) is 4.48. The molecule has 2 aliphatic rings. The van der Waals surface area contributed by atoms with E-state index in [9.17, 15) is 14.0 Å². The van der Waals surface area contributed by atoms with Gasteiger partial charge in [0.05, 0.1) is 17.4 Å². The van der Waals surface area contributed by atoms with Crippen LogP contribution in [0, 0.1) is 11.7 Å². The number of rotatable bonds is 4. The van der Waals surface area contributed by atoms with Crippen molar-refractivity contribution in [2.45, 2.75) is 39.2 Å². The van der Waals surface area contributed by atoms with Gasteiger partial charge < -0.3 is 9.64 Å². The second-order valence-corrected chi connectivity index (χ2v) is 9.06. The van der Waals surface area contributed by atoms with Gasteiger partial charge in [-0.2, -0.15) is 0 Å². The number of nitrogens with zero attached hydrogens (tertiary/aromatic N) is 3. The number of carbonyl (C=O) groups is 2. The molecule has 7 heteroatoms. The largest absolute Gasteiger partial charge is 0.419 e. The van der Waals surface area contributed by atoms with E-state index in [1.165, 1.54) is 48.9 Å². The Morgan fingerprint density at radius 1 is 1.06 bits per heavy atom. The third-order valence-electron chi connectivity index (χ3n) is 6.33. The molecule has 174 valence electrons. The van der Waals surface area contributed by atoms with Crippen molar-refractivity contribution in [3.63, 3.8) is 0 Å². The van der Waals surface area contributed by atoms with Gasteiger partial charge in [0.15, 0.2) is 0 Å². The molecule has 6 nitrogen and oxygen atoms in total. The zero-order valence-corrected chi connectivity index (χ0v) is 19.2. The molecule has 0 N–H and O–H groups in total. The van der Waals surface area contributed by atoms with Crippen LogP contribution in [-0.2, 0) is 11.2 Å². The highest BCUT2D eigenvalue weighted by atomic mass is 19.1. The summed E-state index contributed by atoms with van der Waals surface area (Å²) in [6, 6.07) is 15.0. The van der Waals surface area contributed by atoms with Gasteiger partial charge in [-0.25, -0.2) is 9.18 Å². The van der Waals surface area contributed by atoms with Crippen LogP contribution in [-0.4, -0.2) is 29.6 Å². The lowest BCUT2D eigenvalue weighted by Crippen LogP contribution is -2.52. The number of amides is 2. The summed E-state index contributed by atoms with van der Waals surface area (Å²) in [5, 5.41) is 0. The fraction of sp³-hybridized carbons (Fsp3) is 0.296. The number of pyridine rings is 1. The van der Waals surface area contributed by atoms with Gasteiger partial charge in [-0.1, -0.05) is 18.2 Å². The highest BCUT2D eigenvalue weighted by Crippen LogP contribution is 2.39. The standard InChI is InChI=1S/C27H26FN3O3/c1-17-16-30(27(33)34-24-5-3-4-22(28)14-24)26-13-20(9-11-25(26)31(17)18(2)32)21-8-10-23(29-15-21)12-19-6-7-19/h3-5,8-11,13-15,17,19H,6-7,12,16H2,1-2H3. The van der Waals surface area contributed by atoms with Gasteiger partial charge in [-0.15, -0.1) is 0 Å². The normalized spacial score (nSPS) is 17.3. The molecule has 0 bridgehead atoms. The molecule has 1 unspecified atom stereocenters. The summed E-state index contributed by atoms with van der Waals surface area (Å²) in [5.74, 6) is 0.297. The van der Waals surface area contributed by atoms with Crippen molar-refractivity contribution in [1.29, 1.82) is 0 Å². The van der Waals surface area contributed by atoms with Gasteiger partial charge in [-0.05, 0) is 68.0 Å². The number of carbonyl (C=O) groups excluding carboxylic acids is 2. The number of fused-ring (bicyclic) bond motifs is 1. The first-order valence-corrected chi connectivity index (χ1v) is 11.5. The maximum absolute atomic E-state index is 13.6. The predicted molar refractivity (Wildman–Crippen MR) is 128 cm³/mol. The second kappa shape index (κ2) is 8.89. The Hall–Kier alpha value is -3.74. The Balaban J connectivity index is 1.48. The van der Waals surface area contributed by atoms with Crippen LogP contribution in [0.1, 0.15) is 32.4 Å². The summed E-state index contributed by atoms with van der Waals surface area (Å²) < 4.78 is 19.1. The Morgan fingerprint density at radius 2 is 1.85 bits per heavy atom. The van der Waals surface area contributed by atoms with E-state index in [2.05, 4.69) is 4.98 Å². The van der Waals surface area contributed by atoms with Crippen molar-refractivity contribution in [2.24, 2.45) is 5.92 Å². The van der Waals surface area contributed by atoms with Crippen molar-refractivity contribution < 1.29 is 18.7 Å². The van der Waals surface area contributed by atoms with E-state index in [1.54, 1.807) is 4.90 Å². The van der Waals surface area contributed by atoms with Crippen molar-refractivity contribution in [1.82, 2.24) is 4.98 Å². The lowest BCUT2D eigenvalue weighted by Gasteiger charge is -2.40. The van der Waals surface area contributed by atoms with E-state index >= 15 is 0 Å². The maximum Gasteiger partial charge on any atom is 0.419 e. The number of halogens is 1. The van der Waals surface area contributed by atoms with Gasteiger partial charge in [0.2, 0.25) is 5.91 Å². The molecular weight excluding hydrogens is 433 g/mol. The Bertz CT molecular complexity index is 1240. The first kappa shape index (κ1) is 22.1. The highest BCUT2D eigenvalue weighted by molar-refractivity contribution is 6.03. The molecule has 2 heterocycles. The van der Waals surface area contributed by atoms with Crippen LogP contribution < -0.4 is 14.5 Å². The molecular formula is C27H26FN3O3. The molecule has 34 heavy (non-hydrogen) atoms. The molecule has 1 aliphatic carbocycles. The van der Waals surface area contributed by atoms with E-state index in [1.807, 2.05) is 43.5 Å². The van der Waals surface area contributed by atoms with Crippen molar-refractivity contribution in [3.05, 3.63) is 72.3 Å². The van der Waals surface area contributed by atoms with Crippen LogP contribution in [0.5, 0.6) is 5.75 Å². The molecule has 0 saturated heterocycles. The zero-order valence-electron chi connectivity index (χ0n) is 19.2. The molecule has 2 amide bonds. The monoisotopic (exact) mass is 459 g/mol. The molecule has 2 aromatic carbocycles. The third kappa shape index (κ3) is 4.51. The average molecular weight is 460 g/mol. The Morgan fingerprint density at radius 3 is 2.53 bits per heavy atom. The van der Waals surface area contributed by atoms with E-state index < -0.39 is 11.9 Å². The van der Waals surface area contributed by atoms with Gasteiger partial charge in [0, 0.05) is 37.0 Å². The first-order chi connectivity index (χ1) is 16.4. The van der Waals surface area contributed by atoms with Gasteiger partial charge in [0.1, 0.15) is 11.6 Å². The van der Waals surface area contributed by atoms with Crippen molar-refractivity contribution >= 4 is 23.4 Å². The van der Waals surface area contributed by atoms with Crippen molar-refractivity contribution in [2.75, 3.05) is 16.3 Å². The summed E-state index contributed by atoms with van der Waals surface area (Å²) in [6.07, 6.45) is 4.79. The average Bonchev–Trinajstić information content (AvgIpc) is 3.62. The molecule has 3 aromatic rings. The molecule has 1 atom stereocenters. The fourth-order valence-electron chi connectivity index (χ4n) is 4.48. The molecule has 1 aromatic heterocycles. The zero-order chi connectivity index (χ0) is 23.8. The smallest absolute Gasteiger partial charge is 0.410 e. The number of ether oxygens (including phenoxy) is 1. The second-order valence-electron chi connectivity index (χ2n) is 9.06. The summed E-state index contributed by atoms with van der Waals surface area (Å²) >= 11 is 0. The quantitative estimate of drug-likeness (QED) is 0.509. The lowest BCUT2D eigenvalue weighted by atomic mass is 10.0. The molecule has 0 radical (unpaired) electrons. The van der Waals surface area contributed by atoms with E-state index in [4.69, 9.17) is 4.74 Å². The van der Waals surface area contributed by atoms with Gasteiger partial charge in [0.25, 0.3) is 0 Å². The van der Waals surface area contributed by atoms with Crippen LogP contribution in [0.15, 0.2) is 60.8 Å². The minimum absolute atomic E-state index is 0.106. The van der Waals surface area contributed by atoms with Gasteiger partial charge >= 0.3 is 6.09 Å². The topological polar surface area (TPSA) is 62.7 Å². The molecule has 1 saturated carbocycles.